The Labute approximate surface area is 293 Å². The van der Waals surface area contributed by atoms with Crippen LogP contribution in [0.2, 0.25) is 0 Å². The van der Waals surface area contributed by atoms with Crippen molar-refractivity contribution in [2.75, 3.05) is 0 Å². The second-order valence-electron chi connectivity index (χ2n) is 11.4. The van der Waals surface area contributed by atoms with Gasteiger partial charge < -0.3 is 9.47 Å². The van der Waals surface area contributed by atoms with Crippen LogP contribution in [0.4, 0.5) is 22.0 Å². The molecule has 0 heterocycles. The molecule has 0 aliphatic carbocycles. The van der Waals surface area contributed by atoms with Crippen molar-refractivity contribution in [2.24, 2.45) is 0 Å². The van der Waals surface area contributed by atoms with Crippen LogP contribution in [0.3, 0.4) is 0 Å². The molecule has 6 nitrogen and oxygen atoms in total. The summed E-state index contributed by atoms with van der Waals surface area (Å²) in [6.45, 7) is 0. The van der Waals surface area contributed by atoms with Gasteiger partial charge in [-0.05, 0) is 101 Å². The van der Waals surface area contributed by atoms with Gasteiger partial charge in [0.05, 0.1) is 28.3 Å². The number of carbonyl (C=O) groups is 2. The van der Waals surface area contributed by atoms with Gasteiger partial charge in [0, 0.05) is 23.3 Å². The summed E-state index contributed by atoms with van der Waals surface area (Å²) in [7, 11) is 0. The monoisotopic (exact) mass is 700 g/mol. The van der Waals surface area contributed by atoms with Crippen molar-refractivity contribution in [3.8, 4) is 45.9 Å². The van der Waals surface area contributed by atoms with E-state index in [0.29, 0.717) is 22.3 Å². The van der Waals surface area contributed by atoms with Gasteiger partial charge in [-0.1, -0.05) is 30.3 Å². The van der Waals surface area contributed by atoms with Gasteiger partial charge in [0.15, 0.2) is 0 Å². The Balaban J connectivity index is 1.08. The van der Waals surface area contributed by atoms with Crippen molar-refractivity contribution in [1.29, 1.82) is 10.5 Å². The van der Waals surface area contributed by atoms with Crippen molar-refractivity contribution in [3.05, 3.63) is 178 Å². The highest BCUT2D eigenvalue weighted by Gasteiger charge is 2.19. The van der Waals surface area contributed by atoms with E-state index in [0.717, 1.165) is 36.4 Å². The predicted molar refractivity (Wildman–Crippen MR) is 179 cm³/mol. The van der Waals surface area contributed by atoms with Crippen molar-refractivity contribution in [3.63, 3.8) is 0 Å². The molecule has 254 valence electrons. The minimum absolute atomic E-state index is 0.0119. The molecule has 0 fully saturated rings. The molecule has 0 aromatic heterocycles. The third-order valence-electron chi connectivity index (χ3n) is 7.94. The van der Waals surface area contributed by atoms with Crippen LogP contribution in [-0.2, 0) is 6.42 Å². The number of rotatable bonds is 8. The normalized spacial score (nSPS) is 10.6. The van der Waals surface area contributed by atoms with Crippen molar-refractivity contribution >= 4 is 11.9 Å². The largest absolute Gasteiger partial charge is 0.423 e. The molecule has 0 saturated heterocycles. The summed E-state index contributed by atoms with van der Waals surface area (Å²) in [5.41, 5.74) is 0.913. The lowest BCUT2D eigenvalue weighted by molar-refractivity contribution is 0.0719. The Kier molecular flexibility index (Phi) is 9.88. The summed E-state index contributed by atoms with van der Waals surface area (Å²) in [5.74, 6) is -6.82. The molecule has 0 saturated carbocycles. The quantitative estimate of drug-likeness (QED) is 0.0891. The number of hydrogen-bond donors (Lipinski definition) is 0. The Morgan fingerprint density at radius 2 is 1.00 bits per heavy atom. The van der Waals surface area contributed by atoms with Crippen molar-refractivity contribution in [1.82, 2.24) is 0 Å². The fraction of sp³-hybridized carbons (Fsp3) is 0.0244. The third-order valence-corrected chi connectivity index (χ3v) is 7.94. The molecular weight excluding hydrogens is 679 g/mol. The molecule has 6 aromatic rings. The molecular formula is C41H21F5N2O4. The zero-order valence-electron chi connectivity index (χ0n) is 26.6. The van der Waals surface area contributed by atoms with Gasteiger partial charge in [-0.2, -0.15) is 10.5 Å². The highest BCUT2D eigenvalue weighted by Crippen LogP contribution is 2.30. The second-order valence-corrected chi connectivity index (χ2v) is 11.4. The van der Waals surface area contributed by atoms with Gasteiger partial charge in [-0.3, -0.25) is 0 Å². The maximum absolute atomic E-state index is 15.0. The van der Waals surface area contributed by atoms with Crippen LogP contribution >= 0.6 is 0 Å². The molecule has 0 aliphatic rings. The molecule has 0 N–H and O–H groups in total. The third kappa shape index (κ3) is 7.54. The number of hydrogen-bond acceptors (Lipinski definition) is 6. The molecule has 52 heavy (non-hydrogen) atoms. The molecule has 0 atom stereocenters. The highest BCUT2D eigenvalue weighted by molar-refractivity contribution is 5.92. The number of nitriles is 2. The maximum atomic E-state index is 15.0. The second kappa shape index (κ2) is 14.8. The van der Waals surface area contributed by atoms with Crippen LogP contribution < -0.4 is 9.47 Å². The summed E-state index contributed by atoms with van der Waals surface area (Å²) in [6.07, 6.45) is 0.0170. The van der Waals surface area contributed by atoms with Gasteiger partial charge in [0.2, 0.25) is 0 Å². The SMILES string of the molecule is N#Cc1ccc(-c2ccc(OC(=O)c3ccc(Cc4ccc(C(=O)Oc5ccc(-c6ccc(C#N)c(F)c6)c(F)c5)c(F)c4)cc3F)cc2F)cc1. The van der Waals surface area contributed by atoms with E-state index in [-0.39, 0.29) is 40.2 Å². The van der Waals surface area contributed by atoms with E-state index in [9.17, 15) is 27.2 Å². The van der Waals surface area contributed by atoms with Crippen LogP contribution in [-0.4, -0.2) is 11.9 Å². The first kappa shape index (κ1) is 34.7. The van der Waals surface area contributed by atoms with Crippen LogP contribution in [0.15, 0.2) is 115 Å². The van der Waals surface area contributed by atoms with Crippen LogP contribution in [0, 0.1) is 51.7 Å². The highest BCUT2D eigenvalue weighted by atomic mass is 19.1. The first-order valence-corrected chi connectivity index (χ1v) is 15.3. The molecule has 0 unspecified atom stereocenters. The lowest BCUT2D eigenvalue weighted by Gasteiger charge is -2.10. The standard InChI is InChI=1S/C41H21F5N2O4/c42-35-18-27(7-8-28(35)22-48)32-14-10-30(20-39(32)46)52-41(50)34-12-4-25(17-37(34)44)15-24-3-11-33(36(43)16-24)40(49)51-29-9-13-31(38(45)19-29)26-5-1-23(21-47)2-6-26/h1-14,16-20H,15H2. The van der Waals surface area contributed by atoms with Crippen molar-refractivity contribution in [2.45, 2.75) is 6.42 Å². The van der Waals surface area contributed by atoms with Gasteiger partial charge in [0.25, 0.3) is 0 Å². The average molecular weight is 701 g/mol. The van der Waals surface area contributed by atoms with Crippen LogP contribution in [0.5, 0.6) is 11.5 Å². The van der Waals surface area contributed by atoms with Crippen LogP contribution in [0.25, 0.3) is 22.3 Å². The molecule has 11 heteroatoms. The fourth-order valence-electron chi connectivity index (χ4n) is 5.31. The van der Waals surface area contributed by atoms with E-state index in [2.05, 4.69) is 0 Å². The van der Waals surface area contributed by atoms with Gasteiger partial charge >= 0.3 is 11.9 Å². The molecule has 0 amide bonds. The summed E-state index contributed by atoms with van der Waals surface area (Å²) < 4.78 is 83.9. The molecule has 0 bridgehead atoms. The van der Waals surface area contributed by atoms with E-state index >= 15 is 4.39 Å². The molecule has 0 radical (unpaired) electrons. The van der Waals surface area contributed by atoms with E-state index in [1.54, 1.807) is 18.2 Å². The molecule has 6 rings (SSSR count). The first-order valence-electron chi connectivity index (χ1n) is 15.3. The maximum Gasteiger partial charge on any atom is 0.346 e. The van der Waals surface area contributed by atoms with Gasteiger partial charge in [-0.15, -0.1) is 0 Å². The van der Waals surface area contributed by atoms with Gasteiger partial charge in [-0.25, -0.2) is 31.5 Å². The van der Waals surface area contributed by atoms with E-state index in [1.165, 1.54) is 66.7 Å². The number of ether oxygens (including phenoxy) is 2. The molecule has 0 aliphatic heterocycles. The zero-order valence-corrected chi connectivity index (χ0v) is 26.6. The average Bonchev–Trinajstić information content (AvgIpc) is 3.12. The fourth-order valence-corrected chi connectivity index (χ4v) is 5.31. The lowest BCUT2D eigenvalue weighted by Crippen LogP contribution is -2.12. The minimum Gasteiger partial charge on any atom is -0.423 e. The minimum atomic E-state index is -1.11. The topological polar surface area (TPSA) is 100 Å². The Morgan fingerprint density at radius 3 is 1.44 bits per heavy atom. The lowest BCUT2D eigenvalue weighted by atomic mass is 10.0. The predicted octanol–water partition coefficient (Wildman–Crippen LogP) is 9.49. The summed E-state index contributed by atoms with van der Waals surface area (Å²) >= 11 is 0. The Morgan fingerprint density at radius 1 is 0.500 bits per heavy atom. The number of benzene rings is 6. The summed E-state index contributed by atoms with van der Waals surface area (Å²) in [5, 5.41) is 17.8. The number of carbonyl (C=O) groups excluding carboxylic acids is 2. The summed E-state index contributed by atoms with van der Waals surface area (Å²) in [6, 6.07) is 27.9. The Hall–Kier alpha value is -7.11. The first-order chi connectivity index (χ1) is 25.0. The van der Waals surface area contributed by atoms with Crippen molar-refractivity contribution < 1.29 is 41.0 Å². The smallest absolute Gasteiger partial charge is 0.346 e. The van der Waals surface area contributed by atoms with E-state index in [1.807, 2.05) is 6.07 Å². The van der Waals surface area contributed by atoms with Gasteiger partial charge in [0.1, 0.15) is 46.7 Å². The summed E-state index contributed by atoms with van der Waals surface area (Å²) in [4.78, 5) is 25.4. The zero-order chi connectivity index (χ0) is 36.9. The molecule has 6 aromatic carbocycles. The number of nitrogens with zero attached hydrogens (tertiary/aromatic N) is 2. The number of esters is 2. The number of halogens is 5. The van der Waals surface area contributed by atoms with E-state index in [4.69, 9.17) is 20.0 Å². The van der Waals surface area contributed by atoms with E-state index < -0.39 is 52.2 Å². The Bertz CT molecular complexity index is 2470. The molecule has 0 spiro atoms. The van der Waals surface area contributed by atoms with Crippen LogP contribution in [0.1, 0.15) is 43.0 Å².